The number of halogens is 1. The van der Waals surface area contributed by atoms with Gasteiger partial charge in [0.1, 0.15) is 5.82 Å². The van der Waals surface area contributed by atoms with Crippen LogP contribution in [0.15, 0.2) is 18.2 Å². The molecule has 0 aliphatic rings. The Morgan fingerprint density at radius 1 is 1.50 bits per heavy atom. The van der Waals surface area contributed by atoms with Crippen LogP contribution >= 0.6 is 0 Å². The molecular formula is C10H15FN2O2S. The van der Waals surface area contributed by atoms with E-state index in [9.17, 15) is 12.8 Å². The first-order chi connectivity index (χ1) is 7.38. The van der Waals surface area contributed by atoms with Crippen molar-refractivity contribution in [1.82, 2.24) is 0 Å². The van der Waals surface area contributed by atoms with Crippen LogP contribution in [-0.2, 0) is 10.0 Å². The lowest BCUT2D eigenvalue weighted by atomic mass is 10.2. The number of nitrogens with two attached hydrogens (primary N) is 1. The fourth-order valence-electron chi connectivity index (χ4n) is 1.10. The van der Waals surface area contributed by atoms with E-state index in [1.54, 1.807) is 0 Å². The van der Waals surface area contributed by atoms with Gasteiger partial charge in [-0.15, -0.1) is 0 Å². The van der Waals surface area contributed by atoms with Crippen LogP contribution in [0, 0.1) is 12.7 Å². The summed E-state index contributed by atoms with van der Waals surface area (Å²) in [6.45, 7) is 3.03. The number of hydrogen-bond acceptors (Lipinski definition) is 3. The van der Waals surface area contributed by atoms with E-state index in [1.165, 1.54) is 32.0 Å². The third-order valence-electron chi connectivity index (χ3n) is 2.38. The molecule has 0 bridgehead atoms. The predicted molar refractivity (Wildman–Crippen MR) is 62.2 cm³/mol. The summed E-state index contributed by atoms with van der Waals surface area (Å²) in [5, 5.41) is -0.713. The zero-order valence-corrected chi connectivity index (χ0v) is 10.0. The van der Waals surface area contributed by atoms with E-state index in [2.05, 4.69) is 4.72 Å². The van der Waals surface area contributed by atoms with Crippen molar-refractivity contribution in [1.29, 1.82) is 0 Å². The Hall–Kier alpha value is -1.14. The molecule has 1 aromatic rings. The quantitative estimate of drug-likeness (QED) is 0.839. The van der Waals surface area contributed by atoms with Crippen molar-refractivity contribution in [2.24, 2.45) is 5.73 Å². The topological polar surface area (TPSA) is 72.2 Å². The van der Waals surface area contributed by atoms with Gasteiger partial charge in [0.15, 0.2) is 0 Å². The Labute approximate surface area is 94.7 Å². The highest BCUT2D eigenvalue weighted by molar-refractivity contribution is 7.93. The van der Waals surface area contributed by atoms with E-state index in [-0.39, 0.29) is 17.8 Å². The van der Waals surface area contributed by atoms with Crippen molar-refractivity contribution in [2.45, 2.75) is 19.1 Å². The lowest BCUT2D eigenvalue weighted by Gasteiger charge is -2.14. The van der Waals surface area contributed by atoms with Crippen molar-refractivity contribution in [3.05, 3.63) is 29.6 Å². The zero-order chi connectivity index (χ0) is 12.3. The molecule has 0 aliphatic carbocycles. The Bertz CT molecular complexity index is 474. The van der Waals surface area contributed by atoms with E-state index in [0.29, 0.717) is 0 Å². The highest BCUT2D eigenvalue weighted by atomic mass is 32.2. The third-order valence-corrected chi connectivity index (χ3v) is 4.14. The van der Waals surface area contributed by atoms with Gasteiger partial charge in [0.05, 0.1) is 10.9 Å². The lowest BCUT2D eigenvalue weighted by molar-refractivity contribution is 0.589. The molecule has 0 saturated heterocycles. The van der Waals surface area contributed by atoms with Crippen LogP contribution in [0.25, 0.3) is 0 Å². The largest absolute Gasteiger partial charge is 0.329 e. The number of nitrogens with one attached hydrogen (secondary N) is 1. The fourth-order valence-corrected chi connectivity index (χ4v) is 2.08. The normalized spacial score (nSPS) is 13.5. The molecule has 0 amide bonds. The zero-order valence-electron chi connectivity index (χ0n) is 9.20. The molecule has 1 aromatic carbocycles. The van der Waals surface area contributed by atoms with Gasteiger partial charge in [-0.25, -0.2) is 12.8 Å². The third kappa shape index (κ3) is 2.70. The number of rotatable bonds is 4. The molecule has 0 radical (unpaired) electrons. The van der Waals surface area contributed by atoms with Crippen LogP contribution in [0.2, 0.25) is 0 Å². The van der Waals surface area contributed by atoms with Crippen LogP contribution in [-0.4, -0.2) is 20.2 Å². The summed E-state index contributed by atoms with van der Waals surface area (Å²) in [4.78, 5) is 0. The lowest BCUT2D eigenvalue weighted by Crippen LogP contribution is -2.31. The molecule has 0 aliphatic heterocycles. The molecule has 3 N–H and O–H groups in total. The Morgan fingerprint density at radius 3 is 2.69 bits per heavy atom. The highest BCUT2D eigenvalue weighted by Crippen LogP contribution is 2.19. The minimum Gasteiger partial charge on any atom is -0.329 e. The summed E-state index contributed by atoms with van der Waals surface area (Å²) in [5.74, 6) is -0.444. The van der Waals surface area contributed by atoms with Gasteiger partial charge >= 0.3 is 0 Å². The number of anilines is 1. The van der Waals surface area contributed by atoms with E-state index >= 15 is 0 Å². The van der Waals surface area contributed by atoms with Gasteiger partial charge in [0.2, 0.25) is 10.0 Å². The Morgan fingerprint density at radius 2 is 2.12 bits per heavy atom. The molecule has 0 spiro atoms. The van der Waals surface area contributed by atoms with Gasteiger partial charge in [-0.2, -0.15) is 0 Å². The molecule has 4 nitrogen and oxygen atoms in total. The van der Waals surface area contributed by atoms with Crippen LogP contribution in [0.5, 0.6) is 0 Å². The van der Waals surface area contributed by atoms with E-state index in [0.717, 1.165) is 0 Å². The van der Waals surface area contributed by atoms with Crippen LogP contribution < -0.4 is 10.5 Å². The molecule has 1 atom stereocenters. The average Bonchev–Trinajstić information content (AvgIpc) is 2.23. The minimum absolute atomic E-state index is 0.0176. The molecule has 1 rings (SSSR count). The molecule has 0 heterocycles. The molecule has 0 aromatic heterocycles. The van der Waals surface area contributed by atoms with Crippen LogP contribution in [0.4, 0.5) is 10.1 Å². The fraction of sp³-hybridized carbons (Fsp3) is 0.400. The van der Waals surface area contributed by atoms with Gasteiger partial charge in [-0.05, 0) is 26.0 Å². The summed E-state index contributed by atoms with van der Waals surface area (Å²) in [7, 11) is -3.54. The Balaban J connectivity index is 3.02. The Kier molecular flexibility index (Phi) is 3.88. The molecule has 6 heteroatoms. The SMILES string of the molecule is Cc1c(F)cccc1NS(=O)(=O)C(C)CN. The molecular weight excluding hydrogens is 231 g/mol. The first-order valence-electron chi connectivity index (χ1n) is 4.85. The summed E-state index contributed by atoms with van der Waals surface area (Å²) in [6.07, 6.45) is 0. The molecule has 0 saturated carbocycles. The second-order valence-electron chi connectivity index (χ2n) is 3.61. The van der Waals surface area contributed by atoms with Crippen LogP contribution in [0.1, 0.15) is 12.5 Å². The maximum absolute atomic E-state index is 13.2. The molecule has 90 valence electrons. The van der Waals surface area contributed by atoms with Crippen LogP contribution in [0.3, 0.4) is 0 Å². The first-order valence-corrected chi connectivity index (χ1v) is 6.40. The summed E-state index contributed by atoms with van der Waals surface area (Å²) in [6, 6.07) is 4.24. The van der Waals surface area contributed by atoms with Gasteiger partial charge in [0, 0.05) is 12.1 Å². The maximum atomic E-state index is 13.2. The molecule has 1 unspecified atom stereocenters. The number of hydrogen-bond donors (Lipinski definition) is 2. The standard InChI is InChI=1S/C10H15FN2O2S/c1-7(6-12)16(14,15)13-10-5-3-4-9(11)8(10)2/h3-5,7,13H,6,12H2,1-2H3. The van der Waals surface area contributed by atoms with Crippen molar-refractivity contribution in [2.75, 3.05) is 11.3 Å². The number of benzene rings is 1. The average molecular weight is 246 g/mol. The van der Waals surface area contributed by atoms with Crippen molar-refractivity contribution in [3.63, 3.8) is 0 Å². The summed E-state index contributed by atoms with van der Waals surface area (Å²) in [5.41, 5.74) is 5.81. The van der Waals surface area contributed by atoms with E-state index in [1.807, 2.05) is 0 Å². The monoisotopic (exact) mass is 246 g/mol. The summed E-state index contributed by atoms with van der Waals surface area (Å²) >= 11 is 0. The molecule has 0 fully saturated rings. The number of sulfonamides is 1. The summed E-state index contributed by atoms with van der Waals surface area (Å²) < 4.78 is 38.9. The maximum Gasteiger partial charge on any atom is 0.236 e. The van der Waals surface area contributed by atoms with Gasteiger partial charge < -0.3 is 5.73 Å². The second-order valence-corrected chi connectivity index (χ2v) is 5.70. The highest BCUT2D eigenvalue weighted by Gasteiger charge is 2.20. The second kappa shape index (κ2) is 4.80. The van der Waals surface area contributed by atoms with Crippen molar-refractivity contribution < 1.29 is 12.8 Å². The van der Waals surface area contributed by atoms with Gasteiger partial charge in [0.25, 0.3) is 0 Å². The smallest absolute Gasteiger partial charge is 0.236 e. The van der Waals surface area contributed by atoms with E-state index in [4.69, 9.17) is 5.73 Å². The first kappa shape index (κ1) is 12.9. The minimum atomic E-state index is -3.54. The molecule has 16 heavy (non-hydrogen) atoms. The van der Waals surface area contributed by atoms with Crippen molar-refractivity contribution in [3.8, 4) is 0 Å². The van der Waals surface area contributed by atoms with Crippen molar-refractivity contribution >= 4 is 15.7 Å². The predicted octanol–water partition coefficient (Wildman–Crippen LogP) is 1.22. The van der Waals surface area contributed by atoms with Gasteiger partial charge in [-0.1, -0.05) is 6.07 Å². The van der Waals surface area contributed by atoms with Gasteiger partial charge in [-0.3, -0.25) is 4.72 Å². The van der Waals surface area contributed by atoms with E-state index < -0.39 is 21.1 Å².